The molecule has 0 spiro atoms. The summed E-state index contributed by atoms with van der Waals surface area (Å²) in [5, 5.41) is 8.86. The maximum atomic E-state index is 15.5. The van der Waals surface area contributed by atoms with Gasteiger partial charge in [0.2, 0.25) is 0 Å². The van der Waals surface area contributed by atoms with Crippen LogP contribution in [0.2, 0.25) is 0 Å². The topological polar surface area (TPSA) is 53.0 Å². The van der Waals surface area contributed by atoms with Gasteiger partial charge < -0.3 is 14.7 Å². The lowest BCUT2D eigenvalue weighted by Crippen LogP contribution is -2.48. The molecule has 0 bridgehead atoms. The molecular formula is C28H33F3N2O3. The summed E-state index contributed by atoms with van der Waals surface area (Å²) in [6.45, 7) is 9.00. The van der Waals surface area contributed by atoms with Crippen LogP contribution in [0.4, 0.5) is 18.9 Å². The van der Waals surface area contributed by atoms with E-state index in [0.29, 0.717) is 19.6 Å². The van der Waals surface area contributed by atoms with Crippen LogP contribution in [0.25, 0.3) is 6.08 Å². The van der Waals surface area contributed by atoms with Crippen molar-refractivity contribution in [3.8, 4) is 0 Å². The van der Waals surface area contributed by atoms with E-state index in [9.17, 15) is 9.18 Å². The molecule has 2 aliphatic heterocycles. The van der Waals surface area contributed by atoms with Crippen LogP contribution in [0.5, 0.6) is 0 Å². The van der Waals surface area contributed by atoms with Crippen molar-refractivity contribution in [1.29, 1.82) is 0 Å². The molecule has 1 unspecified atom stereocenters. The first-order valence-electron chi connectivity index (χ1n) is 12.3. The van der Waals surface area contributed by atoms with Gasteiger partial charge in [0.05, 0.1) is 19.3 Å². The molecule has 1 N–H and O–H groups in total. The first-order valence-corrected chi connectivity index (χ1v) is 12.3. The van der Waals surface area contributed by atoms with Crippen molar-refractivity contribution in [1.82, 2.24) is 4.90 Å². The molecule has 36 heavy (non-hydrogen) atoms. The van der Waals surface area contributed by atoms with Gasteiger partial charge >= 0.3 is 5.97 Å². The van der Waals surface area contributed by atoms with E-state index >= 15 is 8.78 Å². The number of hydrogen-bond acceptors (Lipinski definition) is 4. The predicted molar refractivity (Wildman–Crippen MR) is 134 cm³/mol. The summed E-state index contributed by atoms with van der Waals surface area (Å²) in [7, 11) is 0. The number of halogens is 3. The Morgan fingerprint density at radius 1 is 1.17 bits per heavy atom. The van der Waals surface area contributed by atoms with Crippen molar-refractivity contribution in [2.45, 2.75) is 57.9 Å². The van der Waals surface area contributed by atoms with E-state index < -0.39 is 29.3 Å². The Morgan fingerprint density at radius 2 is 1.86 bits per heavy atom. The zero-order chi connectivity index (χ0) is 26.2. The van der Waals surface area contributed by atoms with Crippen molar-refractivity contribution in [3.05, 3.63) is 70.3 Å². The summed E-state index contributed by atoms with van der Waals surface area (Å²) in [5.41, 5.74) is 1.12. The number of morpholine rings is 1. The van der Waals surface area contributed by atoms with E-state index in [1.165, 1.54) is 13.8 Å². The quantitative estimate of drug-likeness (QED) is 0.538. The largest absolute Gasteiger partial charge is 0.478 e. The van der Waals surface area contributed by atoms with Crippen molar-refractivity contribution in [2.75, 3.05) is 31.2 Å². The highest BCUT2D eigenvalue weighted by molar-refractivity contribution is 5.85. The van der Waals surface area contributed by atoms with Crippen LogP contribution in [0, 0.1) is 11.6 Å². The molecule has 0 saturated carbocycles. The van der Waals surface area contributed by atoms with Crippen LogP contribution in [0.15, 0.2) is 36.4 Å². The highest BCUT2D eigenvalue weighted by Crippen LogP contribution is 2.42. The maximum absolute atomic E-state index is 15.5. The van der Waals surface area contributed by atoms with Crippen LogP contribution < -0.4 is 4.90 Å². The second-order valence-corrected chi connectivity index (χ2v) is 10.4. The summed E-state index contributed by atoms with van der Waals surface area (Å²) >= 11 is 0. The van der Waals surface area contributed by atoms with Crippen LogP contribution in [-0.2, 0) is 16.0 Å². The van der Waals surface area contributed by atoms with E-state index in [2.05, 4.69) is 17.9 Å². The summed E-state index contributed by atoms with van der Waals surface area (Å²) in [5.74, 6) is -2.80. The van der Waals surface area contributed by atoms with Gasteiger partial charge in [0.25, 0.3) is 0 Å². The molecule has 2 heterocycles. The Balaban J connectivity index is 1.82. The zero-order valence-corrected chi connectivity index (χ0v) is 21.1. The maximum Gasteiger partial charge on any atom is 0.328 e. The summed E-state index contributed by atoms with van der Waals surface area (Å²) < 4.78 is 51.5. The van der Waals surface area contributed by atoms with Gasteiger partial charge in [0.15, 0.2) is 0 Å². The van der Waals surface area contributed by atoms with Gasteiger partial charge in [-0.1, -0.05) is 6.07 Å². The second-order valence-electron chi connectivity index (χ2n) is 10.4. The fraction of sp³-hybridized carbons (Fsp3) is 0.464. The lowest BCUT2D eigenvalue weighted by Gasteiger charge is -2.45. The van der Waals surface area contributed by atoms with E-state index in [4.69, 9.17) is 9.84 Å². The van der Waals surface area contributed by atoms with E-state index in [-0.39, 0.29) is 29.8 Å². The van der Waals surface area contributed by atoms with Gasteiger partial charge in [0.1, 0.15) is 17.3 Å². The number of ether oxygens (including phenoxy) is 1. The number of nitrogens with zero attached hydrogens (tertiary/aromatic N) is 2. The fourth-order valence-corrected chi connectivity index (χ4v) is 5.33. The second kappa shape index (κ2) is 10.3. The Bertz CT molecular complexity index is 1140. The number of rotatable bonds is 6. The molecule has 0 radical (unpaired) electrons. The third-order valence-corrected chi connectivity index (χ3v) is 6.89. The normalized spacial score (nSPS) is 23.2. The third-order valence-electron chi connectivity index (χ3n) is 6.89. The van der Waals surface area contributed by atoms with Gasteiger partial charge in [-0.15, -0.1) is 0 Å². The molecule has 2 aliphatic rings. The van der Waals surface area contributed by atoms with E-state index in [1.54, 1.807) is 0 Å². The number of benzene rings is 2. The number of alkyl halides is 1. The van der Waals surface area contributed by atoms with Gasteiger partial charge in [-0.05, 0) is 81.1 Å². The number of aliphatic carboxylic acids is 1. The van der Waals surface area contributed by atoms with Gasteiger partial charge in [-0.2, -0.15) is 0 Å². The SMILES string of the molecule is CC1COCCN1c1ccc2c(c1)C[C@@H](C)N(CC(C)(C)F)[C@@H]2c1c(F)cc(/C=C/C(=O)O)cc1F. The standard InChI is InChI=1S/C28H33F3N2O3/c1-17-11-20-14-21(32-9-10-36-15-18(32)2)6-7-22(20)27(33(17)16-28(3,4)31)26-23(29)12-19(13-24(26)30)5-8-25(34)35/h5-8,12-14,17-18,27H,9-11,15-16H2,1-4H3,(H,34,35)/b8-5+/t17-,18?,27+/m1/s1. The average molecular weight is 503 g/mol. The van der Waals surface area contributed by atoms with Crippen molar-refractivity contribution < 1.29 is 27.8 Å². The molecule has 1 fully saturated rings. The molecular weight excluding hydrogens is 469 g/mol. The monoisotopic (exact) mass is 502 g/mol. The van der Waals surface area contributed by atoms with Gasteiger partial charge in [-0.25, -0.2) is 18.0 Å². The molecule has 194 valence electrons. The highest BCUT2D eigenvalue weighted by atomic mass is 19.1. The number of carboxylic acid groups (broad SMARTS) is 1. The molecule has 2 aromatic carbocycles. The number of anilines is 1. The number of hydrogen-bond donors (Lipinski definition) is 1. The lowest BCUT2D eigenvalue weighted by atomic mass is 9.83. The van der Waals surface area contributed by atoms with Gasteiger partial charge in [0, 0.05) is 42.5 Å². The first kappa shape index (κ1) is 26.2. The first-order chi connectivity index (χ1) is 16.9. The zero-order valence-electron chi connectivity index (χ0n) is 21.1. The molecule has 2 aromatic rings. The van der Waals surface area contributed by atoms with Crippen molar-refractivity contribution in [3.63, 3.8) is 0 Å². The minimum Gasteiger partial charge on any atom is -0.478 e. The summed E-state index contributed by atoms with van der Waals surface area (Å²) in [4.78, 5) is 14.9. The minimum absolute atomic E-state index is 0.0000705. The van der Waals surface area contributed by atoms with E-state index in [0.717, 1.165) is 47.6 Å². The number of carboxylic acids is 1. The number of carbonyl (C=O) groups is 1. The molecule has 0 aromatic heterocycles. The van der Waals surface area contributed by atoms with Gasteiger partial charge in [-0.3, -0.25) is 4.90 Å². The summed E-state index contributed by atoms with van der Waals surface area (Å²) in [6, 6.07) is 7.41. The molecule has 0 aliphatic carbocycles. The van der Waals surface area contributed by atoms with Crippen LogP contribution in [-0.4, -0.2) is 60.0 Å². The third kappa shape index (κ3) is 5.60. The van der Waals surface area contributed by atoms with Crippen molar-refractivity contribution in [2.24, 2.45) is 0 Å². The predicted octanol–water partition coefficient (Wildman–Crippen LogP) is 5.37. The van der Waals surface area contributed by atoms with E-state index in [1.807, 2.05) is 24.0 Å². The Kier molecular flexibility index (Phi) is 7.48. The highest BCUT2D eigenvalue weighted by Gasteiger charge is 2.39. The number of fused-ring (bicyclic) bond motifs is 1. The smallest absolute Gasteiger partial charge is 0.328 e. The molecule has 8 heteroatoms. The molecule has 0 amide bonds. The van der Waals surface area contributed by atoms with Crippen LogP contribution in [0.3, 0.4) is 0 Å². The van der Waals surface area contributed by atoms with Crippen LogP contribution in [0.1, 0.15) is 56.0 Å². The van der Waals surface area contributed by atoms with Crippen molar-refractivity contribution >= 4 is 17.7 Å². The fourth-order valence-electron chi connectivity index (χ4n) is 5.33. The Morgan fingerprint density at radius 3 is 2.47 bits per heavy atom. The minimum atomic E-state index is -1.58. The molecule has 5 nitrogen and oxygen atoms in total. The lowest BCUT2D eigenvalue weighted by molar-refractivity contribution is -0.131. The Hall–Kier alpha value is -2.84. The summed E-state index contributed by atoms with van der Waals surface area (Å²) in [6.07, 6.45) is 2.60. The van der Waals surface area contributed by atoms with Crippen LogP contribution >= 0.6 is 0 Å². The Labute approximate surface area is 210 Å². The molecule has 4 rings (SSSR count). The molecule has 1 saturated heterocycles. The average Bonchev–Trinajstić information content (AvgIpc) is 2.78. The molecule has 3 atom stereocenters.